The first-order chi connectivity index (χ1) is 18.4. The molecule has 0 unspecified atom stereocenters. The van der Waals surface area contributed by atoms with Gasteiger partial charge in [0.15, 0.2) is 0 Å². The summed E-state index contributed by atoms with van der Waals surface area (Å²) >= 11 is 2.21. The molecule has 2 aliphatic rings. The highest BCUT2D eigenvalue weighted by Crippen LogP contribution is 2.53. The third kappa shape index (κ3) is 4.06. The van der Waals surface area contributed by atoms with Crippen LogP contribution in [0.3, 0.4) is 0 Å². The minimum atomic E-state index is -0.736. The minimum absolute atomic E-state index is 0.201. The minimum Gasteiger partial charge on any atom is -0.324 e. The van der Waals surface area contributed by atoms with Gasteiger partial charge in [0.2, 0.25) is 17.7 Å². The molecule has 38 heavy (non-hydrogen) atoms. The van der Waals surface area contributed by atoms with Crippen LogP contribution in [0.4, 0.5) is 11.4 Å². The van der Waals surface area contributed by atoms with Crippen LogP contribution in [0.25, 0.3) is 0 Å². The molecule has 2 aliphatic heterocycles. The fourth-order valence-electron chi connectivity index (χ4n) is 5.05. The van der Waals surface area contributed by atoms with Crippen molar-refractivity contribution >= 4 is 52.2 Å². The maximum atomic E-state index is 13.8. The van der Waals surface area contributed by atoms with Gasteiger partial charge < -0.3 is 5.32 Å². The molecule has 4 heterocycles. The second-order valence-corrected chi connectivity index (χ2v) is 11.3. The maximum Gasteiger partial charge on any atom is 0.308 e. The summed E-state index contributed by atoms with van der Waals surface area (Å²) in [5, 5.41) is 2.68. The van der Waals surface area contributed by atoms with E-state index in [1.165, 1.54) is 21.2 Å². The van der Waals surface area contributed by atoms with E-state index in [1.807, 2.05) is 37.3 Å². The van der Waals surface area contributed by atoms with E-state index in [9.17, 15) is 19.2 Å². The van der Waals surface area contributed by atoms with Crippen molar-refractivity contribution < 1.29 is 14.4 Å². The number of aromatic nitrogens is 2. The predicted molar refractivity (Wildman–Crippen MR) is 147 cm³/mol. The summed E-state index contributed by atoms with van der Waals surface area (Å²) in [4.78, 5) is 59.5. The molecule has 2 aromatic carbocycles. The predicted octanol–water partition coefficient (Wildman–Crippen LogP) is 4.05. The van der Waals surface area contributed by atoms with E-state index in [0.717, 1.165) is 22.5 Å². The number of carbonyl (C=O) groups is 3. The van der Waals surface area contributed by atoms with Crippen molar-refractivity contribution in [1.29, 1.82) is 0 Å². The molecule has 1 N–H and O–H groups in total. The second-order valence-electron chi connectivity index (χ2n) is 9.16. The van der Waals surface area contributed by atoms with Crippen LogP contribution < -0.4 is 15.1 Å². The van der Waals surface area contributed by atoms with Crippen molar-refractivity contribution in [1.82, 2.24) is 9.55 Å². The number of hydrogen-bond donors (Lipinski definition) is 1. The van der Waals surface area contributed by atoms with Crippen LogP contribution in [0, 0.1) is 12.8 Å². The number of imide groups is 1. The number of aryl methyl sites for hydroxylation is 1. The summed E-state index contributed by atoms with van der Waals surface area (Å²) in [6, 6.07) is 19.9. The third-order valence-corrected chi connectivity index (χ3v) is 9.43. The largest absolute Gasteiger partial charge is 0.324 e. The molecule has 4 aromatic rings. The average Bonchev–Trinajstić information content (AvgIpc) is 3.37. The van der Waals surface area contributed by atoms with E-state index < -0.39 is 17.1 Å². The van der Waals surface area contributed by atoms with Crippen LogP contribution in [-0.2, 0) is 20.9 Å². The van der Waals surface area contributed by atoms with Gasteiger partial charge in [-0.25, -0.2) is 4.90 Å². The number of benzene rings is 2. The van der Waals surface area contributed by atoms with Crippen LogP contribution in [0.1, 0.15) is 21.9 Å². The molecule has 1 saturated heterocycles. The van der Waals surface area contributed by atoms with E-state index in [4.69, 9.17) is 0 Å². The van der Waals surface area contributed by atoms with Crippen molar-refractivity contribution in [3.05, 3.63) is 105 Å². The molecule has 2 aromatic heterocycles. The van der Waals surface area contributed by atoms with Gasteiger partial charge in [-0.1, -0.05) is 65.6 Å². The van der Waals surface area contributed by atoms with Gasteiger partial charge in [-0.15, -0.1) is 0 Å². The fraction of sp³-hybridized carbons (Fsp3) is 0.179. The smallest absolute Gasteiger partial charge is 0.308 e. The van der Waals surface area contributed by atoms with E-state index in [1.54, 1.807) is 48.8 Å². The second kappa shape index (κ2) is 9.70. The first-order valence-corrected chi connectivity index (χ1v) is 13.7. The molecule has 0 aliphatic carbocycles. The van der Waals surface area contributed by atoms with Gasteiger partial charge in [-0.3, -0.25) is 28.7 Å². The number of fused-ring (bicyclic) bond motifs is 2. The summed E-state index contributed by atoms with van der Waals surface area (Å²) in [5.74, 6) is -2.21. The summed E-state index contributed by atoms with van der Waals surface area (Å²) in [5.41, 5.74) is 2.84. The molecule has 0 radical (unpaired) electrons. The SMILES string of the molecule is Cc1ccccc1NC(=O)Cn1c2c(sc1=O)[C@@H](c1cccnc1)[C@@H]1C(=O)N(c3ccccc3)C(=O)[C@@H]1S2. The molecule has 0 spiro atoms. The number of amides is 3. The zero-order valence-electron chi connectivity index (χ0n) is 20.2. The summed E-state index contributed by atoms with van der Waals surface area (Å²) in [7, 11) is 0. The quantitative estimate of drug-likeness (QED) is 0.382. The lowest BCUT2D eigenvalue weighted by Gasteiger charge is -2.30. The molecule has 3 atom stereocenters. The van der Waals surface area contributed by atoms with Crippen molar-refractivity contribution in [2.45, 2.75) is 29.7 Å². The molecular weight excluding hydrogens is 520 g/mol. The Balaban J connectivity index is 1.41. The standard InChI is InChI=1S/C28H22N4O4S2/c1-16-8-5-6-12-19(16)30-20(33)15-31-27-24(38-28(31)36)21(17-9-7-13-29-14-17)22-23(37-27)26(35)32(25(22)34)18-10-3-2-4-11-18/h2-14,21-23H,15H2,1H3,(H,30,33)/t21-,22-,23+/m0/s1. The maximum absolute atomic E-state index is 13.8. The van der Waals surface area contributed by atoms with Crippen LogP contribution in [0.5, 0.6) is 0 Å². The van der Waals surface area contributed by atoms with Crippen molar-refractivity contribution in [3.63, 3.8) is 0 Å². The van der Waals surface area contributed by atoms with E-state index in [0.29, 0.717) is 21.3 Å². The summed E-state index contributed by atoms with van der Waals surface area (Å²) in [6.45, 7) is 1.69. The van der Waals surface area contributed by atoms with Gasteiger partial charge in [-0.2, -0.15) is 0 Å². The number of hydrogen-bond acceptors (Lipinski definition) is 7. The van der Waals surface area contributed by atoms with Crippen molar-refractivity contribution in [2.75, 3.05) is 10.2 Å². The van der Waals surface area contributed by atoms with E-state index in [2.05, 4.69) is 10.3 Å². The number of nitrogens with one attached hydrogen (secondary N) is 1. The van der Waals surface area contributed by atoms with Crippen LogP contribution in [0.2, 0.25) is 0 Å². The zero-order chi connectivity index (χ0) is 26.4. The molecule has 8 nitrogen and oxygen atoms in total. The van der Waals surface area contributed by atoms with Gasteiger partial charge in [0, 0.05) is 28.9 Å². The highest BCUT2D eigenvalue weighted by Gasteiger charge is 2.56. The van der Waals surface area contributed by atoms with E-state index in [-0.39, 0.29) is 29.1 Å². The molecule has 0 saturated carbocycles. The molecule has 190 valence electrons. The summed E-state index contributed by atoms with van der Waals surface area (Å²) < 4.78 is 1.42. The van der Waals surface area contributed by atoms with Crippen molar-refractivity contribution in [2.24, 2.45) is 5.92 Å². The number of carbonyl (C=O) groups excluding carboxylic acids is 3. The number of anilines is 2. The lowest BCUT2D eigenvalue weighted by Crippen LogP contribution is -2.33. The number of nitrogens with zero attached hydrogens (tertiary/aromatic N) is 3. The first kappa shape index (κ1) is 24.3. The Morgan fingerprint density at radius 2 is 1.74 bits per heavy atom. The number of rotatable bonds is 5. The fourth-order valence-corrected chi connectivity index (χ4v) is 7.83. The van der Waals surface area contributed by atoms with Crippen LogP contribution in [-0.4, -0.2) is 32.5 Å². The highest BCUT2D eigenvalue weighted by atomic mass is 32.2. The zero-order valence-corrected chi connectivity index (χ0v) is 21.9. The Morgan fingerprint density at radius 1 is 0.974 bits per heavy atom. The first-order valence-electron chi connectivity index (χ1n) is 12.0. The van der Waals surface area contributed by atoms with Crippen LogP contribution in [0.15, 0.2) is 88.9 Å². The Morgan fingerprint density at radius 3 is 2.47 bits per heavy atom. The molecule has 10 heteroatoms. The number of pyridine rings is 1. The topological polar surface area (TPSA) is 101 Å². The van der Waals surface area contributed by atoms with Gasteiger partial charge in [0.1, 0.15) is 11.8 Å². The monoisotopic (exact) mass is 542 g/mol. The molecule has 6 rings (SSSR count). The molecule has 0 bridgehead atoms. The highest BCUT2D eigenvalue weighted by molar-refractivity contribution is 8.00. The molecule has 1 fully saturated rings. The number of thioether (sulfide) groups is 1. The summed E-state index contributed by atoms with van der Waals surface area (Å²) in [6.07, 6.45) is 3.31. The van der Waals surface area contributed by atoms with Gasteiger partial charge in [0.05, 0.1) is 16.6 Å². The lowest BCUT2D eigenvalue weighted by atomic mass is 9.84. The Bertz CT molecular complexity index is 1620. The number of thiazole rings is 1. The van der Waals surface area contributed by atoms with Gasteiger partial charge in [0.25, 0.3) is 0 Å². The Labute approximate surface area is 226 Å². The van der Waals surface area contributed by atoms with Crippen LogP contribution >= 0.6 is 23.1 Å². The average molecular weight is 543 g/mol. The van der Waals surface area contributed by atoms with E-state index >= 15 is 0 Å². The Hall–Kier alpha value is -4.02. The van der Waals surface area contributed by atoms with Gasteiger partial charge >= 0.3 is 4.87 Å². The number of para-hydroxylation sites is 2. The molecule has 3 amide bonds. The lowest BCUT2D eigenvalue weighted by molar-refractivity contribution is -0.122. The molecular formula is C28H22N4O4S2. The van der Waals surface area contributed by atoms with Crippen molar-refractivity contribution in [3.8, 4) is 0 Å². The van der Waals surface area contributed by atoms with Gasteiger partial charge in [-0.05, 0) is 42.3 Å². The third-order valence-electron chi connectivity index (χ3n) is 6.83. The Kier molecular flexibility index (Phi) is 6.21. The normalized spacial score (nSPS) is 20.2.